The lowest BCUT2D eigenvalue weighted by Crippen LogP contribution is -1.85. The average molecular weight is 294 g/mol. The van der Waals surface area contributed by atoms with Crippen LogP contribution in [0.5, 0.6) is 5.75 Å². The van der Waals surface area contributed by atoms with E-state index in [1.165, 1.54) is 16.9 Å². The van der Waals surface area contributed by atoms with Crippen LogP contribution in [0.15, 0.2) is 48.5 Å². The predicted octanol–water partition coefficient (Wildman–Crippen LogP) is 3.99. The molecule has 0 saturated heterocycles. The molecule has 0 spiro atoms. The normalized spacial score (nSPS) is 13.0. The van der Waals surface area contributed by atoms with Crippen molar-refractivity contribution in [3.8, 4) is 27.4 Å². The number of benzene rings is 2. The minimum absolute atomic E-state index is 0.598. The summed E-state index contributed by atoms with van der Waals surface area (Å²) in [7, 11) is 0. The molecule has 0 fully saturated rings. The molecule has 0 saturated carbocycles. The summed E-state index contributed by atoms with van der Waals surface area (Å²) in [5.74, 6) is 0.998. The molecule has 1 aliphatic rings. The van der Waals surface area contributed by atoms with Gasteiger partial charge in [-0.15, -0.1) is 0 Å². The maximum atomic E-state index is 5.95. The lowest BCUT2D eigenvalue weighted by atomic mass is 10.0. The van der Waals surface area contributed by atoms with Gasteiger partial charge < -0.3 is 10.5 Å². The van der Waals surface area contributed by atoms with E-state index in [-0.39, 0.29) is 0 Å². The van der Waals surface area contributed by atoms with Gasteiger partial charge in [-0.2, -0.15) is 0 Å². The molecule has 21 heavy (non-hydrogen) atoms. The van der Waals surface area contributed by atoms with Gasteiger partial charge in [-0.3, -0.25) is 0 Å². The monoisotopic (exact) mass is 294 g/mol. The maximum Gasteiger partial charge on any atom is 0.181 e. The third-order valence-electron chi connectivity index (χ3n) is 3.64. The van der Waals surface area contributed by atoms with Crippen LogP contribution in [0.1, 0.15) is 5.56 Å². The number of thiazole rings is 1. The highest BCUT2D eigenvalue weighted by Gasteiger charge is 2.17. The number of ether oxygens (including phenoxy) is 1. The molecular weight excluding hydrogens is 280 g/mol. The van der Waals surface area contributed by atoms with Crippen molar-refractivity contribution in [3.05, 3.63) is 54.1 Å². The lowest BCUT2D eigenvalue weighted by molar-refractivity contribution is 0.357. The van der Waals surface area contributed by atoms with Crippen molar-refractivity contribution in [3.63, 3.8) is 0 Å². The molecule has 104 valence electrons. The Morgan fingerprint density at radius 1 is 1.05 bits per heavy atom. The van der Waals surface area contributed by atoms with E-state index in [4.69, 9.17) is 10.5 Å². The van der Waals surface area contributed by atoms with Gasteiger partial charge in [-0.25, -0.2) is 4.98 Å². The van der Waals surface area contributed by atoms with E-state index in [9.17, 15) is 0 Å². The van der Waals surface area contributed by atoms with Crippen LogP contribution in [0.2, 0.25) is 0 Å². The maximum absolute atomic E-state index is 5.95. The molecule has 0 amide bonds. The molecule has 2 N–H and O–H groups in total. The highest BCUT2D eigenvalue weighted by Crippen LogP contribution is 2.40. The summed E-state index contributed by atoms with van der Waals surface area (Å²) in [6.45, 7) is 0.773. The fourth-order valence-electron chi connectivity index (χ4n) is 2.65. The number of hydrogen-bond acceptors (Lipinski definition) is 4. The quantitative estimate of drug-likeness (QED) is 0.777. The van der Waals surface area contributed by atoms with Gasteiger partial charge in [0.2, 0.25) is 0 Å². The highest BCUT2D eigenvalue weighted by atomic mass is 32.1. The topological polar surface area (TPSA) is 48.1 Å². The van der Waals surface area contributed by atoms with Gasteiger partial charge in [0, 0.05) is 12.0 Å². The summed E-state index contributed by atoms with van der Waals surface area (Å²) < 4.78 is 5.57. The predicted molar refractivity (Wildman–Crippen MR) is 86.6 cm³/mol. The molecule has 1 aromatic heterocycles. The molecule has 2 aromatic carbocycles. The second-order valence-corrected chi connectivity index (χ2v) is 6.05. The smallest absolute Gasteiger partial charge is 0.181 e. The van der Waals surface area contributed by atoms with E-state index < -0.39 is 0 Å². The van der Waals surface area contributed by atoms with Gasteiger partial charge in [0.05, 0.1) is 17.2 Å². The summed E-state index contributed by atoms with van der Waals surface area (Å²) in [5, 5.41) is 0.598. The van der Waals surface area contributed by atoms with Crippen LogP contribution in [0.25, 0.3) is 21.7 Å². The number of rotatable bonds is 2. The number of aromatic nitrogens is 1. The molecule has 1 aliphatic heterocycles. The zero-order valence-electron chi connectivity index (χ0n) is 11.4. The summed E-state index contributed by atoms with van der Waals surface area (Å²) in [6.07, 6.45) is 0.970. The number of fused-ring (bicyclic) bond motifs is 1. The third-order valence-corrected chi connectivity index (χ3v) is 4.58. The van der Waals surface area contributed by atoms with Gasteiger partial charge in [-0.05, 0) is 29.3 Å². The highest BCUT2D eigenvalue weighted by molar-refractivity contribution is 7.19. The molecule has 0 bridgehead atoms. The van der Waals surface area contributed by atoms with Crippen molar-refractivity contribution in [1.29, 1.82) is 0 Å². The average Bonchev–Trinajstić information content (AvgIpc) is 3.13. The number of nitrogens with zero attached hydrogens (tertiary/aromatic N) is 1. The van der Waals surface area contributed by atoms with Crippen molar-refractivity contribution in [2.45, 2.75) is 6.42 Å². The summed E-state index contributed by atoms with van der Waals surface area (Å²) in [5.41, 5.74) is 10.4. The minimum Gasteiger partial charge on any atom is -0.493 e. The van der Waals surface area contributed by atoms with Gasteiger partial charge in [0.15, 0.2) is 5.13 Å². The van der Waals surface area contributed by atoms with Crippen LogP contribution in [0, 0.1) is 0 Å². The standard InChI is InChI=1S/C17H14N2OS/c18-17-19-15(11-4-2-1-3-5-11)16(21-17)13-6-7-14-12(10-13)8-9-20-14/h1-7,10H,8-9H2,(H2,18,19). The summed E-state index contributed by atoms with van der Waals surface area (Å²) in [6, 6.07) is 16.5. The Bertz CT molecular complexity index is 796. The van der Waals surface area contributed by atoms with Gasteiger partial charge in [-0.1, -0.05) is 41.7 Å². The first-order valence-electron chi connectivity index (χ1n) is 6.89. The molecule has 4 rings (SSSR count). The molecule has 4 heteroatoms. The fraction of sp³-hybridized carbons (Fsp3) is 0.118. The summed E-state index contributed by atoms with van der Waals surface area (Å²) in [4.78, 5) is 5.63. The number of nitrogen functional groups attached to an aromatic ring is 1. The van der Waals surface area contributed by atoms with Crippen LogP contribution in [0.4, 0.5) is 5.13 Å². The first kappa shape index (κ1) is 12.4. The van der Waals surface area contributed by atoms with E-state index in [0.717, 1.165) is 40.5 Å². The van der Waals surface area contributed by atoms with Gasteiger partial charge in [0.25, 0.3) is 0 Å². The van der Waals surface area contributed by atoms with Crippen LogP contribution in [-0.4, -0.2) is 11.6 Å². The SMILES string of the molecule is Nc1nc(-c2ccccc2)c(-c2ccc3c(c2)CCO3)s1. The summed E-state index contributed by atoms with van der Waals surface area (Å²) >= 11 is 1.53. The molecular formula is C17H14N2OS. The Balaban J connectivity index is 1.86. The second kappa shape index (κ2) is 4.90. The Morgan fingerprint density at radius 3 is 2.76 bits per heavy atom. The zero-order valence-corrected chi connectivity index (χ0v) is 12.2. The minimum atomic E-state index is 0.598. The first-order valence-corrected chi connectivity index (χ1v) is 7.71. The van der Waals surface area contributed by atoms with Crippen LogP contribution in [0.3, 0.4) is 0 Å². The number of nitrogens with two attached hydrogens (primary N) is 1. The molecule has 0 aliphatic carbocycles. The molecule has 3 nitrogen and oxygen atoms in total. The fourth-order valence-corrected chi connectivity index (χ4v) is 3.50. The largest absolute Gasteiger partial charge is 0.493 e. The zero-order chi connectivity index (χ0) is 14.2. The molecule has 2 heterocycles. The van der Waals surface area contributed by atoms with Crippen molar-refractivity contribution in [1.82, 2.24) is 4.98 Å². The van der Waals surface area contributed by atoms with E-state index in [1.54, 1.807) is 0 Å². The molecule has 3 aromatic rings. The van der Waals surface area contributed by atoms with E-state index in [1.807, 2.05) is 24.3 Å². The molecule has 0 radical (unpaired) electrons. The van der Waals surface area contributed by atoms with Crippen molar-refractivity contribution in [2.24, 2.45) is 0 Å². The van der Waals surface area contributed by atoms with Crippen LogP contribution >= 0.6 is 11.3 Å². The Morgan fingerprint density at radius 2 is 1.90 bits per heavy atom. The molecule has 0 unspecified atom stereocenters. The number of hydrogen-bond donors (Lipinski definition) is 1. The van der Waals surface area contributed by atoms with Gasteiger partial charge >= 0.3 is 0 Å². The Labute approximate surface area is 127 Å². The Hall–Kier alpha value is -2.33. The van der Waals surface area contributed by atoms with E-state index in [2.05, 4.69) is 29.2 Å². The van der Waals surface area contributed by atoms with E-state index >= 15 is 0 Å². The van der Waals surface area contributed by atoms with Crippen LogP contribution in [-0.2, 0) is 6.42 Å². The van der Waals surface area contributed by atoms with Crippen molar-refractivity contribution < 1.29 is 4.74 Å². The lowest BCUT2D eigenvalue weighted by Gasteiger charge is -2.05. The Kier molecular flexibility index (Phi) is 2.89. The first-order chi connectivity index (χ1) is 10.3. The van der Waals surface area contributed by atoms with E-state index in [0.29, 0.717) is 5.13 Å². The van der Waals surface area contributed by atoms with Crippen molar-refractivity contribution >= 4 is 16.5 Å². The van der Waals surface area contributed by atoms with Gasteiger partial charge in [0.1, 0.15) is 5.75 Å². The molecule has 0 atom stereocenters. The third kappa shape index (κ3) is 2.17. The van der Waals surface area contributed by atoms with Crippen molar-refractivity contribution in [2.75, 3.05) is 12.3 Å². The number of anilines is 1. The van der Waals surface area contributed by atoms with Crippen LogP contribution < -0.4 is 10.5 Å². The second-order valence-electron chi connectivity index (χ2n) is 5.02.